The van der Waals surface area contributed by atoms with Gasteiger partial charge < -0.3 is 0 Å². The van der Waals surface area contributed by atoms with E-state index in [0.717, 1.165) is 5.69 Å². The van der Waals surface area contributed by atoms with Gasteiger partial charge in [-0.2, -0.15) is 5.10 Å². The van der Waals surface area contributed by atoms with Crippen molar-refractivity contribution >= 4 is 0 Å². The van der Waals surface area contributed by atoms with Crippen LogP contribution in [0, 0.1) is 0 Å². The summed E-state index contributed by atoms with van der Waals surface area (Å²) in [5.41, 5.74) is 2.64. The molecular formula is C11H20N2Ti. The molecule has 0 spiro atoms. The first kappa shape index (κ1) is 13.9. The van der Waals surface area contributed by atoms with E-state index in [1.54, 1.807) is 0 Å². The Morgan fingerprint density at radius 2 is 1.50 bits per heavy atom. The molecule has 0 saturated heterocycles. The van der Waals surface area contributed by atoms with Gasteiger partial charge in [0.05, 0.1) is 5.69 Å². The van der Waals surface area contributed by atoms with Crippen LogP contribution in [-0.4, -0.2) is 10.2 Å². The monoisotopic (exact) mass is 228 g/mol. The summed E-state index contributed by atoms with van der Waals surface area (Å²) in [6, 6.07) is 2.17. The van der Waals surface area contributed by atoms with E-state index in [-0.39, 0.29) is 32.5 Å². The van der Waals surface area contributed by atoms with Gasteiger partial charge in [0.15, 0.2) is 0 Å². The van der Waals surface area contributed by atoms with Crippen molar-refractivity contribution in [2.45, 2.75) is 52.4 Å². The topological polar surface area (TPSA) is 28.7 Å². The average molecular weight is 228 g/mol. The normalized spacial score (nSPS) is 12.4. The molecule has 0 saturated carbocycles. The second kappa shape index (κ2) is 4.20. The minimum Gasteiger partial charge on any atom is -0.282 e. The zero-order valence-electron chi connectivity index (χ0n) is 10.0. The maximum atomic E-state index is 4.33. The zero-order chi connectivity index (χ0) is 10.3. The molecule has 0 bridgehead atoms. The van der Waals surface area contributed by atoms with E-state index in [0.29, 0.717) is 0 Å². The van der Waals surface area contributed by atoms with Crippen LogP contribution in [0.4, 0.5) is 0 Å². The van der Waals surface area contributed by atoms with Crippen molar-refractivity contribution in [1.82, 2.24) is 10.2 Å². The Kier molecular flexibility index (Phi) is 4.17. The molecular weight excluding hydrogens is 208 g/mol. The largest absolute Gasteiger partial charge is 0.282 e. The van der Waals surface area contributed by atoms with Gasteiger partial charge in [0, 0.05) is 38.2 Å². The summed E-state index contributed by atoms with van der Waals surface area (Å²) >= 11 is 0. The van der Waals surface area contributed by atoms with Crippen molar-refractivity contribution in [3.8, 4) is 0 Å². The summed E-state index contributed by atoms with van der Waals surface area (Å²) < 4.78 is 0. The van der Waals surface area contributed by atoms with Gasteiger partial charge in [0.25, 0.3) is 0 Å². The van der Waals surface area contributed by atoms with Crippen LogP contribution in [0.25, 0.3) is 0 Å². The first-order valence-electron chi connectivity index (χ1n) is 4.77. The number of aromatic nitrogens is 2. The molecule has 0 amide bonds. The van der Waals surface area contributed by atoms with Gasteiger partial charge in [-0.3, -0.25) is 5.10 Å². The molecule has 78 valence electrons. The fourth-order valence-corrected chi connectivity index (χ4v) is 1.09. The third kappa shape index (κ3) is 3.25. The van der Waals surface area contributed by atoms with Crippen LogP contribution in [0.3, 0.4) is 0 Å². The summed E-state index contributed by atoms with van der Waals surface area (Å²) in [6.07, 6.45) is 0. The smallest absolute Gasteiger partial charge is 0.0678 e. The van der Waals surface area contributed by atoms with E-state index < -0.39 is 0 Å². The molecule has 1 aromatic rings. The Labute approximate surface area is 102 Å². The second-order valence-electron chi connectivity index (χ2n) is 5.67. The van der Waals surface area contributed by atoms with Gasteiger partial charge in [0.2, 0.25) is 0 Å². The summed E-state index contributed by atoms with van der Waals surface area (Å²) in [7, 11) is 0. The molecule has 1 heterocycles. The molecule has 3 heteroatoms. The molecule has 0 aliphatic heterocycles. The van der Waals surface area contributed by atoms with Gasteiger partial charge in [-0.1, -0.05) is 41.5 Å². The molecule has 0 unspecified atom stereocenters. The van der Waals surface area contributed by atoms with E-state index in [9.17, 15) is 0 Å². The predicted molar refractivity (Wildman–Crippen MR) is 56.0 cm³/mol. The van der Waals surface area contributed by atoms with Crippen molar-refractivity contribution in [3.05, 3.63) is 17.5 Å². The van der Waals surface area contributed by atoms with Crippen molar-refractivity contribution in [2.75, 3.05) is 0 Å². The summed E-state index contributed by atoms with van der Waals surface area (Å²) in [5.74, 6) is 0. The molecule has 0 aliphatic rings. The Morgan fingerprint density at radius 1 is 1.00 bits per heavy atom. The van der Waals surface area contributed by atoms with Crippen LogP contribution in [0.1, 0.15) is 52.9 Å². The number of rotatable bonds is 0. The standard InChI is InChI=1S/C11H20N2.Ti/c1-10(2,3)8-7-9(13-12-8)11(4,5)6;/h7H,1-6H3,(H,12,13);. The Bertz CT molecular complexity index is 260. The number of nitrogens with one attached hydrogen (secondary N) is 1. The van der Waals surface area contributed by atoms with Gasteiger partial charge >= 0.3 is 0 Å². The van der Waals surface area contributed by atoms with Crippen molar-refractivity contribution in [3.63, 3.8) is 0 Å². The molecule has 1 aromatic heterocycles. The zero-order valence-corrected chi connectivity index (χ0v) is 11.6. The van der Waals surface area contributed by atoms with Crippen LogP contribution in [-0.2, 0) is 32.5 Å². The fraction of sp³-hybridized carbons (Fsp3) is 0.727. The summed E-state index contributed by atoms with van der Waals surface area (Å²) in [6.45, 7) is 13.1. The third-order valence-corrected chi connectivity index (χ3v) is 2.15. The molecule has 2 nitrogen and oxygen atoms in total. The number of aromatic amines is 1. The molecule has 0 radical (unpaired) electrons. The van der Waals surface area contributed by atoms with Gasteiger partial charge in [0.1, 0.15) is 0 Å². The minimum absolute atomic E-state index is 0. The van der Waals surface area contributed by atoms with E-state index in [4.69, 9.17) is 0 Å². The first-order chi connectivity index (χ1) is 5.71. The first-order valence-corrected chi connectivity index (χ1v) is 4.77. The summed E-state index contributed by atoms with van der Waals surface area (Å²) in [5, 5.41) is 7.43. The second-order valence-corrected chi connectivity index (χ2v) is 5.67. The molecule has 0 fully saturated rings. The van der Waals surface area contributed by atoms with Crippen LogP contribution in [0.5, 0.6) is 0 Å². The van der Waals surface area contributed by atoms with Gasteiger partial charge in [-0.05, 0) is 6.07 Å². The maximum absolute atomic E-state index is 4.33. The average Bonchev–Trinajstić information content (AvgIpc) is 2.28. The third-order valence-electron chi connectivity index (χ3n) is 2.15. The van der Waals surface area contributed by atoms with Crippen LogP contribution < -0.4 is 0 Å². The molecule has 1 rings (SSSR count). The molecule has 0 aromatic carbocycles. The van der Waals surface area contributed by atoms with E-state index in [2.05, 4.69) is 57.8 Å². The molecule has 14 heavy (non-hydrogen) atoms. The maximum Gasteiger partial charge on any atom is 0.0678 e. The van der Waals surface area contributed by atoms with Crippen molar-refractivity contribution in [2.24, 2.45) is 0 Å². The fourth-order valence-electron chi connectivity index (χ4n) is 1.09. The number of hydrogen-bond acceptors (Lipinski definition) is 1. The Hall–Kier alpha value is -0.0757. The van der Waals surface area contributed by atoms with Crippen LogP contribution >= 0.6 is 0 Å². The molecule has 1 N–H and O–H groups in total. The van der Waals surface area contributed by atoms with Crippen molar-refractivity contribution in [1.29, 1.82) is 0 Å². The van der Waals surface area contributed by atoms with Gasteiger partial charge in [-0.25, -0.2) is 0 Å². The Balaban J connectivity index is 0.00000169. The number of H-pyrrole nitrogens is 1. The van der Waals surface area contributed by atoms with Crippen LogP contribution in [0.15, 0.2) is 6.07 Å². The quantitative estimate of drug-likeness (QED) is 0.679. The van der Waals surface area contributed by atoms with E-state index in [1.165, 1.54) is 5.69 Å². The minimum atomic E-state index is 0. The Morgan fingerprint density at radius 3 is 1.71 bits per heavy atom. The van der Waals surface area contributed by atoms with Crippen molar-refractivity contribution < 1.29 is 21.7 Å². The van der Waals surface area contributed by atoms with Gasteiger partial charge in [-0.15, -0.1) is 0 Å². The van der Waals surface area contributed by atoms with E-state index >= 15 is 0 Å². The molecule has 0 aliphatic carbocycles. The predicted octanol–water partition coefficient (Wildman–Crippen LogP) is 3.00. The SMILES string of the molecule is CC(C)(C)c1cc(C(C)(C)C)[nH]n1.[Ti]. The molecule has 0 atom stereocenters. The summed E-state index contributed by atoms with van der Waals surface area (Å²) in [4.78, 5) is 0. The van der Waals surface area contributed by atoms with Crippen LogP contribution in [0.2, 0.25) is 0 Å². The van der Waals surface area contributed by atoms with E-state index in [1.807, 2.05) is 0 Å². The number of hydrogen-bond donors (Lipinski definition) is 1. The number of nitrogens with zero attached hydrogens (tertiary/aromatic N) is 1.